The fourth-order valence-corrected chi connectivity index (χ4v) is 4.22. The number of hydrogen-bond donors (Lipinski definition) is 0. The van der Waals surface area contributed by atoms with E-state index in [4.69, 9.17) is 4.74 Å². The normalized spacial score (nSPS) is 15.8. The fourth-order valence-electron chi connectivity index (χ4n) is 3.59. The van der Waals surface area contributed by atoms with Gasteiger partial charge in [-0.15, -0.1) is 0 Å². The lowest BCUT2D eigenvalue weighted by Crippen LogP contribution is -2.29. The molecule has 0 aromatic heterocycles. The summed E-state index contributed by atoms with van der Waals surface area (Å²) in [7, 11) is -3.33. The van der Waals surface area contributed by atoms with Gasteiger partial charge in [-0.25, -0.2) is 12.8 Å². The first kappa shape index (κ1) is 21.0. The Balaban J connectivity index is 1.79. The van der Waals surface area contributed by atoms with Gasteiger partial charge in [0.2, 0.25) is 5.78 Å². The lowest BCUT2D eigenvalue weighted by molar-refractivity contribution is -0.125. The Morgan fingerprint density at radius 3 is 1.94 bits per heavy atom. The number of carbonyl (C=O) groups excluding carboxylic acids is 1. The van der Waals surface area contributed by atoms with Crippen LogP contribution in [0.25, 0.3) is 22.5 Å². The number of rotatable bonds is 4. The van der Waals surface area contributed by atoms with Crippen molar-refractivity contribution < 1.29 is 22.3 Å². The summed E-state index contributed by atoms with van der Waals surface area (Å²) >= 11 is 0. The number of carbonyl (C=O) groups is 1. The molecule has 1 aliphatic rings. The highest BCUT2D eigenvalue weighted by atomic mass is 32.2. The summed E-state index contributed by atoms with van der Waals surface area (Å²) in [5, 5.41) is 0. The monoisotopic (exact) mass is 436 g/mol. The van der Waals surface area contributed by atoms with E-state index in [2.05, 4.69) is 0 Å². The second-order valence-electron chi connectivity index (χ2n) is 8.00. The molecule has 1 heterocycles. The Kier molecular flexibility index (Phi) is 5.06. The summed E-state index contributed by atoms with van der Waals surface area (Å²) in [4.78, 5) is 13.3. The molecule has 0 saturated heterocycles. The summed E-state index contributed by atoms with van der Waals surface area (Å²) in [6.45, 7) is 3.39. The minimum absolute atomic E-state index is 0.173. The van der Waals surface area contributed by atoms with Crippen molar-refractivity contribution >= 4 is 27.0 Å². The summed E-state index contributed by atoms with van der Waals surface area (Å²) in [5.74, 6) is -0.0930. The van der Waals surface area contributed by atoms with Gasteiger partial charge in [0.15, 0.2) is 15.4 Å². The summed E-state index contributed by atoms with van der Waals surface area (Å²) in [6.07, 6.45) is 1.14. The zero-order valence-corrected chi connectivity index (χ0v) is 18.2. The van der Waals surface area contributed by atoms with Crippen LogP contribution < -0.4 is 0 Å². The SMILES string of the molecule is CC1(C)OC(c2ccc(S(C)(=O)=O)cc2)=C(c2ccc(-c3ccccc3F)cc2)C1=O. The average Bonchev–Trinajstić information content (AvgIpc) is 2.97. The highest BCUT2D eigenvalue weighted by Gasteiger charge is 2.42. The topological polar surface area (TPSA) is 60.4 Å². The average molecular weight is 437 g/mol. The van der Waals surface area contributed by atoms with Crippen LogP contribution in [0.3, 0.4) is 0 Å². The van der Waals surface area contributed by atoms with E-state index in [1.165, 1.54) is 18.2 Å². The van der Waals surface area contributed by atoms with E-state index in [0.717, 1.165) is 6.26 Å². The number of ketones is 1. The molecule has 0 amide bonds. The molecule has 0 atom stereocenters. The molecule has 0 N–H and O–H groups in total. The van der Waals surface area contributed by atoms with Gasteiger partial charge in [0.1, 0.15) is 11.6 Å². The minimum atomic E-state index is -3.33. The van der Waals surface area contributed by atoms with Crippen LogP contribution >= 0.6 is 0 Å². The molecule has 3 aromatic rings. The van der Waals surface area contributed by atoms with E-state index in [-0.39, 0.29) is 16.5 Å². The largest absolute Gasteiger partial charge is 0.478 e. The van der Waals surface area contributed by atoms with E-state index in [1.807, 2.05) is 0 Å². The first-order chi connectivity index (χ1) is 14.6. The summed E-state index contributed by atoms with van der Waals surface area (Å²) < 4.78 is 43.6. The molecular weight excluding hydrogens is 415 g/mol. The highest BCUT2D eigenvalue weighted by molar-refractivity contribution is 7.90. The number of ether oxygens (including phenoxy) is 1. The Morgan fingerprint density at radius 1 is 0.806 bits per heavy atom. The van der Waals surface area contributed by atoms with Crippen LogP contribution in [0.15, 0.2) is 77.7 Å². The van der Waals surface area contributed by atoms with Gasteiger partial charge in [0.25, 0.3) is 0 Å². The molecule has 0 spiro atoms. The van der Waals surface area contributed by atoms with E-state index in [1.54, 1.807) is 68.4 Å². The molecule has 31 heavy (non-hydrogen) atoms. The molecule has 6 heteroatoms. The smallest absolute Gasteiger partial charge is 0.210 e. The van der Waals surface area contributed by atoms with Gasteiger partial charge in [-0.2, -0.15) is 0 Å². The fraction of sp³-hybridized carbons (Fsp3) is 0.160. The quantitative estimate of drug-likeness (QED) is 0.568. The molecule has 1 aliphatic heterocycles. The van der Waals surface area contributed by atoms with Gasteiger partial charge in [0, 0.05) is 17.4 Å². The maximum atomic E-state index is 14.1. The van der Waals surface area contributed by atoms with E-state index in [9.17, 15) is 17.6 Å². The minimum Gasteiger partial charge on any atom is -0.478 e. The molecular formula is C25H21FO4S. The maximum absolute atomic E-state index is 14.1. The van der Waals surface area contributed by atoms with Gasteiger partial charge in [0.05, 0.1) is 10.5 Å². The first-order valence-corrected chi connectivity index (χ1v) is 11.6. The predicted octanol–water partition coefficient (Wildman–Crippen LogP) is 5.14. The van der Waals surface area contributed by atoms with Crippen LogP contribution in [0, 0.1) is 5.82 Å². The van der Waals surface area contributed by atoms with Gasteiger partial charge < -0.3 is 4.74 Å². The van der Waals surface area contributed by atoms with E-state index in [0.29, 0.717) is 33.6 Å². The van der Waals surface area contributed by atoms with Crippen LogP contribution in [0.5, 0.6) is 0 Å². The van der Waals surface area contributed by atoms with Gasteiger partial charge in [-0.3, -0.25) is 4.79 Å². The molecule has 0 radical (unpaired) electrons. The third kappa shape index (κ3) is 3.91. The maximum Gasteiger partial charge on any atom is 0.210 e. The van der Waals surface area contributed by atoms with Crippen molar-refractivity contribution in [2.24, 2.45) is 0 Å². The third-order valence-corrected chi connectivity index (χ3v) is 6.39. The Bertz CT molecular complexity index is 1300. The lowest BCUT2D eigenvalue weighted by Gasteiger charge is -2.17. The highest BCUT2D eigenvalue weighted by Crippen LogP contribution is 2.41. The summed E-state index contributed by atoms with van der Waals surface area (Å²) in [6, 6.07) is 19.8. The zero-order chi connectivity index (χ0) is 22.4. The Hall–Kier alpha value is -3.25. The zero-order valence-electron chi connectivity index (χ0n) is 17.3. The van der Waals surface area contributed by atoms with Gasteiger partial charge in [-0.05, 0) is 55.3 Å². The van der Waals surface area contributed by atoms with Crippen LogP contribution in [0.1, 0.15) is 25.0 Å². The van der Waals surface area contributed by atoms with Crippen LogP contribution in [0.4, 0.5) is 4.39 Å². The number of benzene rings is 3. The van der Waals surface area contributed by atoms with Crippen molar-refractivity contribution in [1.82, 2.24) is 0 Å². The molecule has 0 fully saturated rings. The molecule has 0 unspecified atom stereocenters. The van der Waals surface area contributed by atoms with Crippen molar-refractivity contribution in [2.45, 2.75) is 24.3 Å². The molecule has 0 aliphatic carbocycles. The second-order valence-corrected chi connectivity index (χ2v) is 10.0. The molecule has 0 saturated carbocycles. The Morgan fingerprint density at radius 2 is 1.35 bits per heavy atom. The number of sulfone groups is 1. The molecule has 0 bridgehead atoms. The number of hydrogen-bond acceptors (Lipinski definition) is 4. The molecule has 3 aromatic carbocycles. The lowest BCUT2D eigenvalue weighted by atomic mass is 9.91. The van der Waals surface area contributed by atoms with Crippen LogP contribution in [-0.2, 0) is 19.4 Å². The van der Waals surface area contributed by atoms with E-state index >= 15 is 0 Å². The number of halogens is 1. The van der Waals surface area contributed by atoms with E-state index < -0.39 is 15.4 Å². The van der Waals surface area contributed by atoms with Crippen molar-refractivity contribution in [3.05, 3.63) is 89.7 Å². The molecule has 158 valence electrons. The molecule has 4 nitrogen and oxygen atoms in total. The van der Waals surface area contributed by atoms with Crippen molar-refractivity contribution in [1.29, 1.82) is 0 Å². The van der Waals surface area contributed by atoms with Crippen molar-refractivity contribution in [3.63, 3.8) is 0 Å². The standard InChI is InChI=1S/C25H21FO4S/c1-25(2)24(27)22(23(30-25)18-12-14-19(15-13-18)31(3,28)29)17-10-8-16(9-11-17)20-6-4-5-7-21(20)26/h4-15H,1-3H3. The van der Waals surface area contributed by atoms with Gasteiger partial charge in [-0.1, -0.05) is 42.5 Å². The third-order valence-electron chi connectivity index (χ3n) is 5.26. The second kappa shape index (κ2) is 7.46. The van der Waals surface area contributed by atoms with Crippen LogP contribution in [-0.4, -0.2) is 26.1 Å². The number of Topliss-reactive ketones (excluding diaryl/α,β-unsaturated/α-hetero) is 1. The van der Waals surface area contributed by atoms with Gasteiger partial charge >= 0.3 is 0 Å². The first-order valence-electron chi connectivity index (χ1n) is 9.72. The van der Waals surface area contributed by atoms with Crippen molar-refractivity contribution in [3.8, 4) is 11.1 Å². The Labute approximate surface area is 180 Å². The molecule has 4 rings (SSSR count). The predicted molar refractivity (Wildman–Crippen MR) is 118 cm³/mol. The summed E-state index contributed by atoms with van der Waals surface area (Å²) in [5.41, 5.74) is 1.81. The van der Waals surface area contributed by atoms with Crippen LogP contribution in [0.2, 0.25) is 0 Å². The van der Waals surface area contributed by atoms with Crippen molar-refractivity contribution in [2.75, 3.05) is 6.26 Å².